The zero-order chi connectivity index (χ0) is 9.56. The van der Waals surface area contributed by atoms with Gasteiger partial charge in [-0.1, -0.05) is 31.9 Å². The fourth-order valence-electron chi connectivity index (χ4n) is 1.10. The summed E-state index contributed by atoms with van der Waals surface area (Å²) in [6.45, 7) is 6.40. The van der Waals surface area contributed by atoms with Crippen LogP contribution in [0.1, 0.15) is 40.0 Å². The van der Waals surface area contributed by atoms with Crippen LogP contribution in [0.15, 0.2) is 11.6 Å². The molecule has 2 heteroatoms. The van der Waals surface area contributed by atoms with Crippen molar-refractivity contribution in [2.75, 3.05) is 0 Å². The Morgan fingerprint density at radius 3 is 2.42 bits per heavy atom. The van der Waals surface area contributed by atoms with Crippen molar-refractivity contribution in [3.05, 3.63) is 11.6 Å². The quantitative estimate of drug-likeness (QED) is 0.490. The average Bonchev–Trinajstić information content (AvgIpc) is 2.00. The van der Waals surface area contributed by atoms with Crippen LogP contribution in [0.4, 0.5) is 0 Å². The molecule has 0 fully saturated rings. The Kier molecular flexibility index (Phi) is 6.03. The second-order valence-corrected chi connectivity index (χ2v) is 3.55. The zero-order valence-corrected chi connectivity index (χ0v) is 8.51. The van der Waals surface area contributed by atoms with Gasteiger partial charge in [0.1, 0.15) is 0 Å². The third kappa shape index (κ3) is 5.33. The van der Waals surface area contributed by atoms with Crippen LogP contribution in [0, 0.1) is 5.92 Å². The number of rotatable bonds is 5. The summed E-state index contributed by atoms with van der Waals surface area (Å²) in [5, 5.41) is 0. The van der Waals surface area contributed by atoms with Crippen molar-refractivity contribution < 1.29 is 0 Å². The van der Waals surface area contributed by atoms with E-state index in [0.29, 0.717) is 5.92 Å². The first-order chi connectivity index (χ1) is 5.57. The zero-order valence-electron chi connectivity index (χ0n) is 8.51. The SMILES string of the molecule is CCCC/C(C)=C/C(C)C(N)N. The van der Waals surface area contributed by atoms with E-state index in [-0.39, 0.29) is 6.17 Å². The van der Waals surface area contributed by atoms with Gasteiger partial charge < -0.3 is 11.5 Å². The maximum Gasteiger partial charge on any atom is 0.0582 e. The van der Waals surface area contributed by atoms with Gasteiger partial charge in [0.25, 0.3) is 0 Å². The molecule has 12 heavy (non-hydrogen) atoms. The highest BCUT2D eigenvalue weighted by atomic mass is 14.9. The average molecular weight is 170 g/mol. The summed E-state index contributed by atoms with van der Waals surface area (Å²) in [5.74, 6) is 0.293. The lowest BCUT2D eigenvalue weighted by atomic mass is 10.0. The van der Waals surface area contributed by atoms with Gasteiger partial charge in [0.05, 0.1) is 6.17 Å². The van der Waals surface area contributed by atoms with Crippen molar-refractivity contribution in [3.63, 3.8) is 0 Å². The predicted octanol–water partition coefficient (Wildman–Crippen LogP) is 2.00. The molecule has 0 radical (unpaired) electrons. The van der Waals surface area contributed by atoms with E-state index in [2.05, 4.69) is 26.8 Å². The second-order valence-electron chi connectivity index (χ2n) is 3.55. The highest BCUT2D eigenvalue weighted by molar-refractivity contribution is 5.01. The molecule has 0 aromatic heterocycles. The van der Waals surface area contributed by atoms with Crippen LogP contribution in [-0.4, -0.2) is 6.17 Å². The lowest BCUT2D eigenvalue weighted by molar-refractivity contribution is 0.553. The molecule has 0 aliphatic rings. The van der Waals surface area contributed by atoms with Gasteiger partial charge in [-0.25, -0.2) is 0 Å². The number of hydrogen-bond acceptors (Lipinski definition) is 2. The van der Waals surface area contributed by atoms with E-state index in [9.17, 15) is 0 Å². The molecule has 0 aromatic carbocycles. The second kappa shape index (κ2) is 6.21. The van der Waals surface area contributed by atoms with Gasteiger partial charge >= 0.3 is 0 Å². The number of hydrogen-bond donors (Lipinski definition) is 2. The third-order valence-corrected chi connectivity index (χ3v) is 2.08. The molecule has 2 nitrogen and oxygen atoms in total. The summed E-state index contributed by atoms with van der Waals surface area (Å²) in [5.41, 5.74) is 12.5. The van der Waals surface area contributed by atoms with Gasteiger partial charge in [0.2, 0.25) is 0 Å². The summed E-state index contributed by atoms with van der Waals surface area (Å²) in [7, 11) is 0. The van der Waals surface area contributed by atoms with Crippen molar-refractivity contribution in [2.45, 2.75) is 46.2 Å². The van der Waals surface area contributed by atoms with Gasteiger partial charge in [-0.15, -0.1) is 0 Å². The van der Waals surface area contributed by atoms with E-state index >= 15 is 0 Å². The number of allylic oxidation sites excluding steroid dienone is 1. The summed E-state index contributed by atoms with van der Waals surface area (Å²) in [6, 6.07) is 0. The van der Waals surface area contributed by atoms with Gasteiger partial charge in [0.15, 0.2) is 0 Å². The summed E-state index contributed by atoms with van der Waals surface area (Å²) in [6.07, 6.45) is 5.64. The first kappa shape index (κ1) is 11.7. The van der Waals surface area contributed by atoms with Crippen LogP contribution in [0.25, 0.3) is 0 Å². The maximum atomic E-state index is 5.55. The van der Waals surface area contributed by atoms with Crippen LogP contribution >= 0.6 is 0 Å². The molecule has 1 atom stereocenters. The van der Waals surface area contributed by atoms with Crippen LogP contribution in [0.5, 0.6) is 0 Å². The number of nitrogens with two attached hydrogens (primary N) is 2. The minimum atomic E-state index is -0.221. The molecule has 0 aliphatic carbocycles. The highest BCUT2D eigenvalue weighted by Gasteiger charge is 2.03. The minimum absolute atomic E-state index is 0.221. The smallest absolute Gasteiger partial charge is 0.0582 e. The largest absolute Gasteiger partial charge is 0.316 e. The van der Waals surface area contributed by atoms with Crippen molar-refractivity contribution in [2.24, 2.45) is 17.4 Å². The molecule has 4 N–H and O–H groups in total. The Hall–Kier alpha value is -0.340. The Morgan fingerprint density at radius 2 is 2.00 bits per heavy atom. The number of unbranched alkanes of at least 4 members (excludes halogenated alkanes) is 1. The monoisotopic (exact) mass is 170 g/mol. The summed E-state index contributed by atoms with van der Waals surface area (Å²) < 4.78 is 0. The fourth-order valence-corrected chi connectivity index (χ4v) is 1.10. The summed E-state index contributed by atoms with van der Waals surface area (Å²) in [4.78, 5) is 0. The lowest BCUT2D eigenvalue weighted by Gasteiger charge is -2.12. The van der Waals surface area contributed by atoms with E-state index in [1.54, 1.807) is 0 Å². The normalized spacial score (nSPS) is 15.3. The summed E-state index contributed by atoms with van der Waals surface area (Å²) >= 11 is 0. The Labute approximate surface area is 76.0 Å². The fraction of sp³-hybridized carbons (Fsp3) is 0.800. The highest BCUT2D eigenvalue weighted by Crippen LogP contribution is 2.10. The first-order valence-electron chi connectivity index (χ1n) is 4.76. The molecular weight excluding hydrogens is 148 g/mol. The molecule has 0 aromatic rings. The molecule has 72 valence electrons. The van der Waals surface area contributed by atoms with Crippen LogP contribution in [-0.2, 0) is 0 Å². The molecule has 0 rings (SSSR count). The van der Waals surface area contributed by atoms with Crippen molar-refractivity contribution in [1.82, 2.24) is 0 Å². The molecule has 0 saturated heterocycles. The third-order valence-electron chi connectivity index (χ3n) is 2.08. The molecular formula is C10H22N2. The van der Waals surface area contributed by atoms with Gasteiger partial charge in [-0.3, -0.25) is 0 Å². The molecule has 0 saturated carbocycles. The topological polar surface area (TPSA) is 52.0 Å². The minimum Gasteiger partial charge on any atom is -0.316 e. The van der Waals surface area contributed by atoms with Gasteiger partial charge in [-0.05, 0) is 19.8 Å². The molecule has 0 spiro atoms. The van der Waals surface area contributed by atoms with E-state index in [1.807, 2.05) is 0 Å². The van der Waals surface area contributed by atoms with E-state index in [4.69, 9.17) is 11.5 Å². The van der Waals surface area contributed by atoms with E-state index < -0.39 is 0 Å². The van der Waals surface area contributed by atoms with Crippen molar-refractivity contribution >= 4 is 0 Å². The maximum absolute atomic E-state index is 5.55. The van der Waals surface area contributed by atoms with Crippen molar-refractivity contribution in [1.29, 1.82) is 0 Å². The Balaban J connectivity index is 3.80. The molecule has 1 unspecified atom stereocenters. The Bertz CT molecular complexity index is 139. The molecule has 0 heterocycles. The van der Waals surface area contributed by atoms with Crippen LogP contribution in [0.2, 0.25) is 0 Å². The van der Waals surface area contributed by atoms with Crippen LogP contribution in [0.3, 0.4) is 0 Å². The standard InChI is InChI=1S/C10H22N2/c1-4-5-6-8(2)7-9(3)10(11)12/h7,9-10H,4-6,11-12H2,1-3H3/b8-7+. The van der Waals surface area contributed by atoms with E-state index in [0.717, 1.165) is 0 Å². The van der Waals surface area contributed by atoms with Crippen LogP contribution < -0.4 is 11.5 Å². The lowest BCUT2D eigenvalue weighted by Crippen LogP contribution is -2.36. The molecule has 0 amide bonds. The first-order valence-corrected chi connectivity index (χ1v) is 4.76. The Morgan fingerprint density at radius 1 is 1.42 bits per heavy atom. The molecule has 0 aliphatic heterocycles. The van der Waals surface area contributed by atoms with E-state index in [1.165, 1.54) is 24.8 Å². The van der Waals surface area contributed by atoms with Crippen molar-refractivity contribution in [3.8, 4) is 0 Å². The predicted molar refractivity (Wildman–Crippen MR) is 54.6 cm³/mol. The van der Waals surface area contributed by atoms with Gasteiger partial charge in [0, 0.05) is 5.92 Å². The molecule has 0 bridgehead atoms. The van der Waals surface area contributed by atoms with Gasteiger partial charge in [-0.2, -0.15) is 0 Å².